The van der Waals surface area contributed by atoms with Crippen molar-refractivity contribution in [1.82, 2.24) is 0 Å². The first kappa shape index (κ1) is 10.6. The second kappa shape index (κ2) is 4.70. The first-order valence-corrected chi connectivity index (χ1v) is 4.20. The SMILES string of the molecule is N#CCc1ccc(F)cc1C(N)CO. The monoisotopic (exact) mass is 194 g/mol. The molecule has 1 aromatic rings. The third-order valence-corrected chi connectivity index (χ3v) is 1.97. The van der Waals surface area contributed by atoms with Crippen LogP contribution < -0.4 is 5.73 Å². The van der Waals surface area contributed by atoms with Gasteiger partial charge in [0.05, 0.1) is 25.1 Å². The lowest BCUT2D eigenvalue weighted by Gasteiger charge is -2.12. The number of hydrogen-bond donors (Lipinski definition) is 2. The first-order valence-electron chi connectivity index (χ1n) is 4.20. The number of nitrogens with two attached hydrogens (primary N) is 1. The average molecular weight is 194 g/mol. The topological polar surface area (TPSA) is 70.0 Å². The van der Waals surface area contributed by atoms with E-state index in [2.05, 4.69) is 0 Å². The molecule has 0 amide bonds. The van der Waals surface area contributed by atoms with E-state index in [0.717, 1.165) is 0 Å². The molecular formula is C10H11FN2O. The van der Waals surface area contributed by atoms with Gasteiger partial charge in [0, 0.05) is 0 Å². The molecule has 14 heavy (non-hydrogen) atoms. The number of hydrogen-bond acceptors (Lipinski definition) is 3. The van der Waals surface area contributed by atoms with Gasteiger partial charge in [-0.2, -0.15) is 5.26 Å². The molecule has 3 nitrogen and oxygen atoms in total. The first-order chi connectivity index (χ1) is 6.69. The minimum absolute atomic E-state index is 0.170. The Balaban J connectivity index is 3.10. The van der Waals surface area contributed by atoms with Gasteiger partial charge in [-0.25, -0.2) is 4.39 Å². The van der Waals surface area contributed by atoms with Gasteiger partial charge in [0.1, 0.15) is 5.82 Å². The summed E-state index contributed by atoms with van der Waals surface area (Å²) in [4.78, 5) is 0. The molecule has 0 saturated heterocycles. The maximum atomic E-state index is 12.9. The molecule has 74 valence electrons. The highest BCUT2D eigenvalue weighted by Crippen LogP contribution is 2.17. The zero-order valence-corrected chi connectivity index (χ0v) is 7.57. The molecule has 0 aliphatic rings. The van der Waals surface area contributed by atoms with Crippen LogP contribution in [0.2, 0.25) is 0 Å². The molecule has 0 fully saturated rings. The van der Waals surface area contributed by atoms with E-state index in [4.69, 9.17) is 16.1 Å². The number of halogens is 1. The normalized spacial score (nSPS) is 12.1. The number of benzene rings is 1. The van der Waals surface area contributed by atoms with Crippen LogP contribution >= 0.6 is 0 Å². The van der Waals surface area contributed by atoms with Crippen LogP contribution in [0.4, 0.5) is 4.39 Å². The van der Waals surface area contributed by atoms with Crippen LogP contribution in [0.5, 0.6) is 0 Å². The fraction of sp³-hybridized carbons (Fsp3) is 0.300. The Morgan fingerprint density at radius 3 is 2.86 bits per heavy atom. The molecule has 0 bridgehead atoms. The Labute approximate surface area is 81.6 Å². The van der Waals surface area contributed by atoms with Crippen molar-refractivity contribution < 1.29 is 9.50 Å². The summed E-state index contributed by atoms with van der Waals surface area (Å²) in [5.74, 6) is -0.411. The minimum Gasteiger partial charge on any atom is -0.394 e. The van der Waals surface area contributed by atoms with E-state index in [1.807, 2.05) is 6.07 Å². The molecule has 0 spiro atoms. The zero-order chi connectivity index (χ0) is 10.6. The van der Waals surface area contributed by atoms with Crippen molar-refractivity contribution in [2.45, 2.75) is 12.5 Å². The van der Waals surface area contributed by atoms with Gasteiger partial charge in [-0.05, 0) is 23.3 Å². The Bertz CT molecular complexity index is 360. The molecular weight excluding hydrogens is 183 g/mol. The third-order valence-electron chi connectivity index (χ3n) is 1.97. The molecule has 1 unspecified atom stereocenters. The van der Waals surface area contributed by atoms with Crippen LogP contribution in [0.1, 0.15) is 17.2 Å². The molecule has 1 rings (SSSR count). The number of nitriles is 1. The lowest BCUT2D eigenvalue weighted by molar-refractivity contribution is 0.267. The predicted molar refractivity (Wildman–Crippen MR) is 49.7 cm³/mol. The standard InChI is InChI=1S/C10H11FN2O/c11-8-2-1-7(3-4-12)9(5-8)10(13)6-14/h1-2,5,10,14H,3,6,13H2. The summed E-state index contributed by atoms with van der Waals surface area (Å²) in [5.41, 5.74) is 6.73. The molecule has 4 heteroatoms. The van der Waals surface area contributed by atoms with E-state index in [0.29, 0.717) is 11.1 Å². The van der Waals surface area contributed by atoms with E-state index >= 15 is 0 Å². The number of aliphatic hydroxyl groups excluding tert-OH is 1. The molecule has 3 N–H and O–H groups in total. The van der Waals surface area contributed by atoms with Crippen molar-refractivity contribution in [1.29, 1.82) is 5.26 Å². The second-order valence-corrected chi connectivity index (χ2v) is 2.97. The van der Waals surface area contributed by atoms with Crippen LogP contribution in [-0.2, 0) is 6.42 Å². The smallest absolute Gasteiger partial charge is 0.123 e. The Morgan fingerprint density at radius 2 is 2.29 bits per heavy atom. The predicted octanol–water partition coefficient (Wildman–Crippen LogP) is 0.884. The number of nitrogens with zero attached hydrogens (tertiary/aromatic N) is 1. The summed E-state index contributed by atoms with van der Waals surface area (Å²) in [5, 5.41) is 17.4. The van der Waals surface area contributed by atoms with Gasteiger partial charge in [0.2, 0.25) is 0 Å². The van der Waals surface area contributed by atoms with Crippen molar-refractivity contribution in [2.24, 2.45) is 5.73 Å². The van der Waals surface area contributed by atoms with E-state index in [-0.39, 0.29) is 13.0 Å². The molecule has 0 saturated carbocycles. The number of aliphatic hydroxyl groups is 1. The van der Waals surface area contributed by atoms with Gasteiger partial charge >= 0.3 is 0 Å². The largest absolute Gasteiger partial charge is 0.394 e. The zero-order valence-electron chi connectivity index (χ0n) is 7.57. The van der Waals surface area contributed by atoms with Crippen molar-refractivity contribution >= 4 is 0 Å². The Kier molecular flexibility index (Phi) is 3.57. The van der Waals surface area contributed by atoms with Gasteiger partial charge in [-0.15, -0.1) is 0 Å². The summed E-state index contributed by atoms with van der Waals surface area (Å²) < 4.78 is 12.9. The molecule has 1 aromatic carbocycles. The third kappa shape index (κ3) is 2.28. The highest BCUT2D eigenvalue weighted by molar-refractivity contribution is 5.32. The molecule has 0 aliphatic carbocycles. The fourth-order valence-electron chi connectivity index (χ4n) is 1.26. The van der Waals surface area contributed by atoms with E-state index in [1.54, 1.807) is 0 Å². The lowest BCUT2D eigenvalue weighted by Crippen LogP contribution is -2.16. The molecule has 0 aliphatic heterocycles. The van der Waals surface area contributed by atoms with E-state index in [1.165, 1.54) is 18.2 Å². The highest BCUT2D eigenvalue weighted by Gasteiger charge is 2.10. The summed E-state index contributed by atoms with van der Waals surface area (Å²) in [7, 11) is 0. The molecule has 0 radical (unpaired) electrons. The summed E-state index contributed by atoms with van der Waals surface area (Å²) >= 11 is 0. The minimum atomic E-state index is -0.631. The summed E-state index contributed by atoms with van der Waals surface area (Å²) in [6.07, 6.45) is 0.170. The Morgan fingerprint density at radius 1 is 1.57 bits per heavy atom. The molecule has 0 heterocycles. The maximum Gasteiger partial charge on any atom is 0.123 e. The fourth-order valence-corrected chi connectivity index (χ4v) is 1.26. The van der Waals surface area contributed by atoms with Crippen LogP contribution in [0.3, 0.4) is 0 Å². The van der Waals surface area contributed by atoms with Crippen molar-refractivity contribution in [3.63, 3.8) is 0 Å². The second-order valence-electron chi connectivity index (χ2n) is 2.97. The van der Waals surface area contributed by atoms with Crippen molar-refractivity contribution in [3.8, 4) is 6.07 Å². The van der Waals surface area contributed by atoms with Crippen LogP contribution in [0.15, 0.2) is 18.2 Å². The van der Waals surface area contributed by atoms with Crippen molar-refractivity contribution in [2.75, 3.05) is 6.61 Å². The van der Waals surface area contributed by atoms with Gasteiger partial charge in [0.25, 0.3) is 0 Å². The highest BCUT2D eigenvalue weighted by atomic mass is 19.1. The number of rotatable bonds is 3. The van der Waals surface area contributed by atoms with Crippen LogP contribution in [0, 0.1) is 17.1 Å². The van der Waals surface area contributed by atoms with Gasteiger partial charge in [-0.3, -0.25) is 0 Å². The van der Waals surface area contributed by atoms with Gasteiger partial charge in [0.15, 0.2) is 0 Å². The van der Waals surface area contributed by atoms with Gasteiger partial charge in [-0.1, -0.05) is 6.07 Å². The van der Waals surface area contributed by atoms with Crippen LogP contribution in [-0.4, -0.2) is 11.7 Å². The van der Waals surface area contributed by atoms with Crippen molar-refractivity contribution in [3.05, 3.63) is 35.1 Å². The average Bonchev–Trinajstić information content (AvgIpc) is 2.20. The summed E-state index contributed by atoms with van der Waals surface area (Å²) in [6, 6.07) is 5.39. The van der Waals surface area contributed by atoms with Crippen LogP contribution in [0.25, 0.3) is 0 Å². The van der Waals surface area contributed by atoms with Gasteiger partial charge < -0.3 is 10.8 Å². The van der Waals surface area contributed by atoms with E-state index < -0.39 is 11.9 Å². The summed E-state index contributed by atoms with van der Waals surface area (Å²) in [6.45, 7) is -0.262. The van der Waals surface area contributed by atoms with E-state index in [9.17, 15) is 4.39 Å². The Hall–Kier alpha value is -1.44. The lowest BCUT2D eigenvalue weighted by atomic mass is 9.99. The molecule has 0 aromatic heterocycles. The quantitative estimate of drug-likeness (QED) is 0.750. The maximum absolute atomic E-state index is 12.9. The molecule has 1 atom stereocenters.